The molecule has 0 unspecified atom stereocenters. The third kappa shape index (κ3) is 3.57. The van der Waals surface area contributed by atoms with Crippen LogP contribution in [0.5, 0.6) is 0 Å². The van der Waals surface area contributed by atoms with Gasteiger partial charge in [-0.3, -0.25) is 0 Å². The fraction of sp³-hybridized carbons (Fsp3) is 0.412. The van der Waals surface area contributed by atoms with Crippen LogP contribution in [0.25, 0.3) is 0 Å². The van der Waals surface area contributed by atoms with Crippen molar-refractivity contribution in [2.24, 2.45) is 0 Å². The van der Waals surface area contributed by atoms with Gasteiger partial charge in [0.15, 0.2) is 0 Å². The maximum atomic E-state index is 9.06. The number of nitrogens with one attached hydrogen (secondary N) is 1. The Hall–Kier alpha value is -2.68. The number of rotatable bonds is 4. The molecule has 0 radical (unpaired) electrons. The van der Waals surface area contributed by atoms with Crippen LogP contribution in [0.1, 0.15) is 35.5 Å². The molecular weight excluding hydrogens is 288 g/mol. The maximum Gasteiger partial charge on any atom is 0.225 e. The minimum absolute atomic E-state index is 0.451. The van der Waals surface area contributed by atoms with Gasteiger partial charge in [-0.25, -0.2) is 15.0 Å². The predicted octanol–water partition coefficient (Wildman–Crippen LogP) is 2.57. The van der Waals surface area contributed by atoms with Gasteiger partial charge in [-0.15, -0.1) is 0 Å². The summed E-state index contributed by atoms with van der Waals surface area (Å²) in [7, 11) is 0. The molecule has 3 rings (SSSR count). The van der Waals surface area contributed by atoms with Crippen molar-refractivity contribution in [3.8, 4) is 6.07 Å². The number of hydrogen-bond acceptors (Lipinski definition) is 6. The monoisotopic (exact) mass is 308 g/mol. The molecule has 1 aliphatic heterocycles. The smallest absolute Gasteiger partial charge is 0.225 e. The van der Waals surface area contributed by atoms with E-state index in [-0.39, 0.29) is 0 Å². The summed E-state index contributed by atoms with van der Waals surface area (Å²) in [6, 6.07) is 7.86. The van der Waals surface area contributed by atoms with E-state index in [1.165, 1.54) is 12.8 Å². The largest absolute Gasteiger partial charge is 0.364 e. The van der Waals surface area contributed by atoms with E-state index in [0.717, 1.165) is 36.0 Å². The highest BCUT2D eigenvalue weighted by atomic mass is 15.3. The first kappa shape index (κ1) is 15.2. The summed E-state index contributed by atoms with van der Waals surface area (Å²) in [4.78, 5) is 15.7. The molecule has 1 aliphatic rings. The summed E-state index contributed by atoms with van der Waals surface area (Å²) in [5, 5.41) is 12.3. The van der Waals surface area contributed by atoms with E-state index in [1.54, 1.807) is 0 Å². The molecule has 1 saturated heterocycles. The van der Waals surface area contributed by atoms with Crippen LogP contribution in [0.4, 0.5) is 11.8 Å². The van der Waals surface area contributed by atoms with E-state index in [0.29, 0.717) is 18.1 Å². The number of nitriles is 1. The summed E-state index contributed by atoms with van der Waals surface area (Å²) in [5.41, 5.74) is 3.23. The lowest BCUT2D eigenvalue weighted by Crippen LogP contribution is -2.21. The molecule has 0 saturated carbocycles. The number of hydrogen-bond donors (Lipinski definition) is 1. The normalized spacial score (nSPS) is 13.9. The molecule has 0 aromatic carbocycles. The van der Waals surface area contributed by atoms with Crippen molar-refractivity contribution in [1.82, 2.24) is 15.0 Å². The molecule has 23 heavy (non-hydrogen) atoms. The number of aryl methyl sites for hydroxylation is 2. The van der Waals surface area contributed by atoms with Crippen LogP contribution >= 0.6 is 0 Å². The summed E-state index contributed by atoms with van der Waals surface area (Å²) < 4.78 is 0. The van der Waals surface area contributed by atoms with Crippen molar-refractivity contribution in [2.75, 3.05) is 23.3 Å². The Labute approximate surface area is 136 Å². The van der Waals surface area contributed by atoms with E-state index in [4.69, 9.17) is 5.26 Å². The topological polar surface area (TPSA) is 77.7 Å². The number of anilines is 2. The lowest BCUT2D eigenvalue weighted by Gasteiger charge is -2.16. The van der Waals surface area contributed by atoms with Crippen molar-refractivity contribution >= 4 is 11.8 Å². The molecule has 3 heterocycles. The number of nitrogens with zero attached hydrogens (tertiary/aromatic N) is 5. The summed E-state index contributed by atoms with van der Waals surface area (Å²) >= 11 is 0. The SMILES string of the molecule is Cc1cc(CNc2ccc(C)c(C#N)n2)nc(N2CCCC2)n1. The fourth-order valence-corrected chi connectivity index (χ4v) is 2.69. The van der Waals surface area contributed by atoms with E-state index in [1.807, 2.05) is 32.0 Å². The van der Waals surface area contributed by atoms with Gasteiger partial charge >= 0.3 is 0 Å². The van der Waals surface area contributed by atoms with Gasteiger partial charge in [0, 0.05) is 18.8 Å². The Balaban J connectivity index is 1.74. The maximum absolute atomic E-state index is 9.06. The zero-order valence-electron chi connectivity index (χ0n) is 13.5. The van der Waals surface area contributed by atoms with E-state index < -0.39 is 0 Å². The summed E-state index contributed by atoms with van der Waals surface area (Å²) in [5.74, 6) is 1.50. The molecule has 1 fully saturated rings. The molecule has 1 N–H and O–H groups in total. The van der Waals surface area contributed by atoms with Crippen LogP contribution < -0.4 is 10.2 Å². The lowest BCUT2D eigenvalue weighted by atomic mass is 10.2. The van der Waals surface area contributed by atoms with Gasteiger partial charge < -0.3 is 10.2 Å². The van der Waals surface area contributed by atoms with Crippen LogP contribution in [0.2, 0.25) is 0 Å². The molecule has 6 nitrogen and oxygen atoms in total. The van der Waals surface area contributed by atoms with Gasteiger partial charge in [0.25, 0.3) is 0 Å². The van der Waals surface area contributed by atoms with Crippen molar-refractivity contribution in [3.05, 3.63) is 40.8 Å². The first-order chi connectivity index (χ1) is 11.2. The van der Waals surface area contributed by atoms with Gasteiger partial charge in [0.05, 0.1) is 12.2 Å². The predicted molar refractivity (Wildman–Crippen MR) is 89.2 cm³/mol. The highest BCUT2D eigenvalue weighted by molar-refractivity contribution is 5.43. The molecule has 0 spiro atoms. The summed E-state index contributed by atoms with van der Waals surface area (Å²) in [6.45, 7) is 6.49. The molecule has 118 valence electrons. The second-order valence-electron chi connectivity index (χ2n) is 5.82. The molecule has 2 aromatic rings. The van der Waals surface area contributed by atoms with E-state index in [2.05, 4.69) is 31.2 Å². The molecule has 2 aromatic heterocycles. The van der Waals surface area contributed by atoms with Gasteiger partial charge in [0.2, 0.25) is 5.95 Å². The highest BCUT2D eigenvalue weighted by Gasteiger charge is 2.15. The second kappa shape index (κ2) is 6.61. The van der Waals surface area contributed by atoms with Crippen LogP contribution in [-0.4, -0.2) is 28.0 Å². The van der Waals surface area contributed by atoms with Gasteiger partial charge in [-0.1, -0.05) is 6.07 Å². The average molecular weight is 308 g/mol. The third-order valence-corrected chi connectivity index (χ3v) is 3.94. The van der Waals surface area contributed by atoms with Crippen LogP contribution in [0.3, 0.4) is 0 Å². The molecular formula is C17H20N6. The second-order valence-corrected chi connectivity index (χ2v) is 5.82. The summed E-state index contributed by atoms with van der Waals surface area (Å²) in [6.07, 6.45) is 2.41. The quantitative estimate of drug-likeness (QED) is 0.935. The van der Waals surface area contributed by atoms with Crippen molar-refractivity contribution in [3.63, 3.8) is 0 Å². The first-order valence-electron chi connectivity index (χ1n) is 7.87. The average Bonchev–Trinajstić information content (AvgIpc) is 3.08. The molecule has 0 bridgehead atoms. The Morgan fingerprint density at radius 3 is 2.70 bits per heavy atom. The van der Waals surface area contributed by atoms with Crippen molar-refractivity contribution in [1.29, 1.82) is 5.26 Å². The minimum atomic E-state index is 0.451. The Morgan fingerprint density at radius 1 is 1.17 bits per heavy atom. The van der Waals surface area contributed by atoms with Crippen molar-refractivity contribution < 1.29 is 0 Å². The van der Waals surface area contributed by atoms with Gasteiger partial charge in [0.1, 0.15) is 17.6 Å². The minimum Gasteiger partial charge on any atom is -0.364 e. The van der Waals surface area contributed by atoms with Gasteiger partial charge in [-0.05, 0) is 44.4 Å². The standard InChI is InChI=1S/C17H20N6/c1-12-5-6-16(22-15(12)10-18)19-11-14-9-13(2)20-17(21-14)23-7-3-4-8-23/h5-6,9H,3-4,7-8,11H2,1-2H3,(H,19,22). The Kier molecular flexibility index (Phi) is 4.38. The zero-order valence-corrected chi connectivity index (χ0v) is 13.5. The first-order valence-corrected chi connectivity index (χ1v) is 7.87. The van der Waals surface area contributed by atoms with E-state index in [9.17, 15) is 0 Å². The fourth-order valence-electron chi connectivity index (χ4n) is 2.69. The lowest BCUT2D eigenvalue weighted by molar-refractivity contribution is 0.864. The van der Waals surface area contributed by atoms with E-state index >= 15 is 0 Å². The van der Waals surface area contributed by atoms with Crippen LogP contribution in [0, 0.1) is 25.2 Å². The number of pyridine rings is 1. The van der Waals surface area contributed by atoms with Crippen LogP contribution in [-0.2, 0) is 6.54 Å². The molecule has 0 atom stereocenters. The number of aromatic nitrogens is 3. The molecule has 6 heteroatoms. The highest BCUT2D eigenvalue weighted by Crippen LogP contribution is 2.17. The Bertz CT molecular complexity index is 743. The van der Waals surface area contributed by atoms with Crippen molar-refractivity contribution in [2.45, 2.75) is 33.2 Å². The molecule has 0 amide bonds. The Morgan fingerprint density at radius 2 is 1.96 bits per heavy atom. The third-order valence-electron chi connectivity index (χ3n) is 3.94. The zero-order chi connectivity index (χ0) is 16.2. The molecule has 0 aliphatic carbocycles. The van der Waals surface area contributed by atoms with Crippen LogP contribution in [0.15, 0.2) is 18.2 Å². The van der Waals surface area contributed by atoms with Gasteiger partial charge in [-0.2, -0.15) is 5.26 Å².